The van der Waals surface area contributed by atoms with E-state index >= 15 is 0 Å². The Morgan fingerprint density at radius 2 is 2.06 bits per heavy atom. The molecule has 1 aromatic carbocycles. The summed E-state index contributed by atoms with van der Waals surface area (Å²) in [5.74, 6) is 0.971. The summed E-state index contributed by atoms with van der Waals surface area (Å²) >= 11 is 0. The van der Waals surface area contributed by atoms with Gasteiger partial charge in [0.2, 0.25) is 0 Å². The van der Waals surface area contributed by atoms with Gasteiger partial charge < -0.3 is 9.84 Å². The van der Waals surface area contributed by atoms with Crippen LogP contribution in [0.15, 0.2) is 18.2 Å². The van der Waals surface area contributed by atoms with E-state index in [1.165, 1.54) is 11.1 Å². The quantitative estimate of drug-likeness (QED) is 0.830. The van der Waals surface area contributed by atoms with Gasteiger partial charge in [-0.25, -0.2) is 0 Å². The molecule has 0 bridgehead atoms. The third kappa shape index (κ3) is 2.76. The first kappa shape index (κ1) is 11.5. The highest BCUT2D eigenvalue weighted by molar-refractivity contribution is 5.36. The van der Waals surface area contributed by atoms with Gasteiger partial charge in [0.25, 0.3) is 0 Å². The van der Waals surface area contributed by atoms with Gasteiger partial charge in [-0.05, 0) is 50.3 Å². The summed E-state index contributed by atoms with van der Waals surface area (Å²) in [5.41, 5.74) is 2.39. The first-order valence-corrected chi connectivity index (χ1v) is 6.07. The first-order chi connectivity index (χ1) is 7.65. The molecule has 0 amide bonds. The average Bonchev–Trinajstić information content (AvgIpc) is 2.24. The van der Waals surface area contributed by atoms with Crippen molar-refractivity contribution in [2.24, 2.45) is 0 Å². The maximum atomic E-state index is 9.60. The lowest BCUT2D eigenvalue weighted by molar-refractivity contribution is 0.0533. The van der Waals surface area contributed by atoms with Crippen molar-refractivity contribution in [3.63, 3.8) is 0 Å². The number of aliphatic hydroxyl groups excluding tert-OH is 1. The van der Waals surface area contributed by atoms with Gasteiger partial charge in [-0.15, -0.1) is 0 Å². The van der Waals surface area contributed by atoms with E-state index < -0.39 is 0 Å². The summed E-state index contributed by atoms with van der Waals surface area (Å²) in [6, 6.07) is 6.26. The predicted molar refractivity (Wildman–Crippen MR) is 64.8 cm³/mol. The normalized spacial score (nSPS) is 25.4. The molecule has 0 aromatic heterocycles. The second kappa shape index (κ2) is 4.88. The molecular formula is C14H20O2. The fourth-order valence-electron chi connectivity index (χ4n) is 2.24. The molecule has 0 spiro atoms. The second-order valence-electron chi connectivity index (χ2n) is 4.83. The Morgan fingerprint density at radius 3 is 2.81 bits per heavy atom. The molecule has 88 valence electrons. The largest absolute Gasteiger partial charge is 0.490 e. The Labute approximate surface area is 97.3 Å². The minimum absolute atomic E-state index is 0.177. The van der Waals surface area contributed by atoms with Crippen molar-refractivity contribution >= 4 is 0 Å². The van der Waals surface area contributed by atoms with Gasteiger partial charge in [-0.2, -0.15) is 0 Å². The van der Waals surface area contributed by atoms with Crippen molar-refractivity contribution in [2.75, 3.05) is 0 Å². The third-order valence-corrected chi connectivity index (χ3v) is 3.24. The smallest absolute Gasteiger partial charge is 0.122 e. The Kier molecular flexibility index (Phi) is 3.49. The number of hydrogen-bond acceptors (Lipinski definition) is 2. The summed E-state index contributed by atoms with van der Waals surface area (Å²) in [6.45, 7) is 4.13. The Bertz CT molecular complexity index is 360. The van der Waals surface area contributed by atoms with E-state index in [-0.39, 0.29) is 12.2 Å². The van der Waals surface area contributed by atoms with Crippen LogP contribution in [0.2, 0.25) is 0 Å². The average molecular weight is 220 g/mol. The molecule has 0 saturated heterocycles. The summed E-state index contributed by atoms with van der Waals surface area (Å²) in [5, 5.41) is 9.60. The minimum atomic E-state index is -0.177. The molecular weight excluding hydrogens is 200 g/mol. The van der Waals surface area contributed by atoms with Gasteiger partial charge in [-0.1, -0.05) is 12.1 Å². The monoisotopic (exact) mass is 220 g/mol. The molecule has 2 atom stereocenters. The van der Waals surface area contributed by atoms with E-state index in [0.29, 0.717) is 0 Å². The van der Waals surface area contributed by atoms with Gasteiger partial charge in [0.1, 0.15) is 11.9 Å². The summed E-state index contributed by atoms with van der Waals surface area (Å²) in [6.07, 6.45) is 3.83. The van der Waals surface area contributed by atoms with Crippen molar-refractivity contribution in [2.45, 2.75) is 51.7 Å². The molecule has 1 aliphatic carbocycles. The molecule has 2 nitrogen and oxygen atoms in total. The lowest BCUT2D eigenvalue weighted by Crippen LogP contribution is -2.28. The lowest BCUT2D eigenvalue weighted by atomic mass is 9.95. The number of benzene rings is 1. The fourth-order valence-corrected chi connectivity index (χ4v) is 2.24. The lowest BCUT2D eigenvalue weighted by Gasteiger charge is -2.27. The van der Waals surface area contributed by atoms with Gasteiger partial charge in [0.05, 0.1) is 6.10 Å². The van der Waals surface area contributed by atoms with Crippen LogP contribution >= 0.6 is 0 Å². The van der Waals surface area contributed by atoms with Gasteiger partial charge in [0, 0.05) is 6.42 Å². The molecule has 1 N–H and O–H groups in total. The van der Waals surface area contributed by atoms with Crippen LogP contribution in [0.1, 0.15) is 36.8 Å². The summed E-state index contributed by atoms with van der Waals surface area (Å²) in [7, 11) is 0. The van der Waals surface area contributed by atoms with Crippen LogP contribution in [0.5, 0.6) is 5.75 Å². The van der Waals surface area contributed by atoms with Gasteiger partial charge in [-0.3, -0.25) is 0 Å². The molecule has 2 unspecified atom stereocenters. The molecule has 1 aliphatic rings. The molecule has 1 fully saturated rings. The molecule has 0 aliphatic heterocycles. The number of aliphatic hydroxyl groups is 1. The first-order valence-electron chi connectivity index (χ1n) is 6.07. The zero-order valence-corrected chi connectivity index (χ0v) is 10.1. The number of hydrogen-bond donors (Lipinski definition) is 1. The third-order valence-electron chi connectivity index (χ3n) is 3.24. The van der Waals surface area contributed by atoms with Crippen molar-refractivity contribution < 1.29 is 9.84 Å². The second-order valence-corrected chi connectivity index (χ2v) is 4.83. The predicted octanol–water partition coefficient (Wildman–Crippen LogP) is 2.99. The fraction of sp³-hybridized carbons (Fsp3) is 0.571. The van der Waals surface area contributed by atoms with E-state index in [1.54, 1.807) is 0 Å². The standard InChI is InChI=1S/C14H20O2/c1-10-6-7-11(2)14(8-10)16-13-5-3-4-12(15)9-13/h6-8,12-13,15H,3-5,9H2,1-2H3. The Balaban J connectivity index is 2.05. The number of ether oxygens (including phenoxy) is 1. The van der Waals surface area contributed by atoms with Crippen molar-refractivity contribution in [1.82, 2.24) is 0 Å². The highest BCUT2D eigenvalue weighted by atomic mass is 16.5. The zero-order valence-electron chi connectivity index (χ0n) is 10.1. The van der Waals surface area contributed by atoms with E-state index in [1.807, 2.05) is 0 Å². The van der Waals surface area contributed by atoms with Crippen molar-refractivity contribution in [3.05, 3.63) is 29.3 Å². The summed E-state index contributed by atoms with van der Waals surface area (Å²) < 4.78 is 5.98. The van der Waals surface area contributed by atoms with Crippen LogP contribution in [0.25, 0.3) is 0 Å². The van der Waals surface area contributed by atoms with E-state index in [2.05, 4.69) is 32.0 Å². The molecule has 2 rings (SSSR count). The summed E-state index contributed by atoms with van der Waals surface area (Å²) in [4.78, 5) is 0. The van der Waals surface area contributed by atoms with Crippen LogP contribution < -0.4 is 4.74 Å². The number of rotatable bonds is 2. The van der Waals surface area contributed by atoms with E-state index in [0.717, 1.165) is 31.4 Å². The van der Waals surface area contributed by atoms with Crippen molar-refractivity contribution in [1.29, 1.82) is 0 Å². The van der Waals surface area contributed by atoms with E-state index in [4.69, 9.17) is 4.74 Å². The highest BCUT2D eigenvalue weighted by Gasteiger charge is 2.21. The SMILES string of the molecule is Cc1ccc(C)c(OC2CCCC(O)C2)c1. The maximum absolute atomic E-state index is 9.60. The van der Waals surface area contributed by atoms with E-state index in [9.17, 15) is 5.11 Å². The molecule has 0 radical (unpaired) electrons. The maximum Gasteiger partial charge on any atom is 0.122 e. The number of aryl methyl sites for hydroxylation is 2. The minimum Gasteiger partial charge on any atom is -0.490 e. The molecule has 16 heavy (non-hydrogen) atoms. The van der Waals surface area contributed by atoms with Gasteiger partial charge in [0.15, 0.2) is 0 Å². The molecule has 1 saturated carbocycles. The van der Waals surface area contributed by atoms with Crippen molar-refractivity contribution in [3.8, 4) is 5.75 Å². The van der Waals surface area contributed by atoms with Crippen LogP contribution in [0, 0.1) is 13.8 Å². The van der Waals surface area contributed by atoms with Crippen LogP contribution in [-0.4, -0.2) is 17.3 Å². The van der Waals surface area contributed by atoms with Crippen LogP contribution in [-0.2, 0) is 0 Å². The molecule has 1 aromatic rings. The zero-order chi connectivity index (χ0) is 11.5. The molecule has 0 heterocycles. The topological polar surface area (TPSA) is 29.5 Å². The highest BCUT2D eigenvalue weighted by Crippen LogP contribution is 2.26. The molecule has 2 heteroatoms. The Hall–Kier alpha value is -1.02. The Morgan fingerprint density at radius 1 is 1.25 bits per heavy atom. The van der Waals surface area contributed by atoms with Crippen LogP contribution in [0.4, 0.5) is 0 Å². The van der Waals surface area contributed by atoms with Gasteiger partial charge >= 0.3 is 0 Å². The van der Waals surface area contributed by atoms with Crippen LogP contribution in [0.3, 0.4) is 0 Å².